The van der Waals surface area contributed by atoms with Crippen molar-refractivity contribution in [2.75, 3.05) is 21.3 Å². The Labute approximate surface area is 135 Å². The Bertz CT molecular complexity index is 766. The highest BCUT2D eigenvalue weighted by Crippen LogP contribution is 2.35. The van der Waals surface area contributed by atoms with Crippen LogP contribution in [0.3, 0.4) is 0 Å². The molecular formula is C19H19NO3. The Kier molecular flexibility index (Phi) is 4.06. The summed E-state index contributed by atoms with van der Waals surface area (Å²) in [4.78, 5) is 14.9. The Hall–Kier alpha value is -2.75. The number of Topliss-reactive ketones (excluding diaryl/α,β-unsaturated/α-hetero) is 1. The lowest BCUT2D eigenvalue weighted by Gasteiger charge is -2.29. The summed E-state index contributed by atoms with van der Waals surface area (Å²) in [5, 5.41) is 0. The van der Waals surface area contributed by atoms with E-state index in [4.69, 9.17) is 9.47 Å². The number of hydrogen-bond donors (Lipinski definition) is 0. The quantitative estimate of drug-likeness (QED) is 0.815. The monoisotopic (exact) mass is 309 g/mol. The van der Waals surface area contributed by atoms with Gasteiger partial charge < -0.3 is 14.4 Å². The molecule has 4 nitrogen and oxygen atoms in total. The van der Waals surface area contributed by atoms with Crippen molar-refractivity contribution in [3.05, 3.63) is 64.9 Å². The van der Waals surface area contributed by atoms with Gasteiger partial charge >= 0.3 is 0 Å². The second kappa shape index (κ2) is 6.16. The van der Waals surface area contributed by atoms with Gasteiger partial charge in [-0.1, -0.05) is 30.3 Å². The zero-order valence-electron chi connectivity index (χ0n) is 13.5. The van der Waals surface area contributed by atoms with Gasteiger partial charge in [0.05, 0.1) is 19.9 Å². The number of carbonyl (C=O) groups is 1. The van der Waals surface area contributed by atoms with Crippen molar-refractivity contribution in [3.8, 4) is 11.5 Å². The number of carbonyl (C=O) groups excluding carboxylic acids is 1. The summed E-state index contributed by atoms with van der Waals surface area (Å²) in [7, 11) is 5.09. The molecule has 0 spiro atoms. The van der Waals surface area contributed by atoms with Crippen molar-refractivity contribution in [2.45, 2.75) is 6.54 Å². The van der Waals surface area contributed by atoms with Crippen LogP contribution in [0.1, 0.15) is 21.5 Å². The molecule has 0 fully saturated rings. The Morgan fingerprint density at radius 3 is 2.35 bits per heavy atom. The number of nitrogens with zero attached hydrogens (tertiary/aromatic N) is 1. The molecule has 0 aliphatic carbocycles. The van der Waals surface area contributed by atoms with Gasteiger partial charge in [0.2, 0.25) is 5.78 Å². The molecular weight excluding hydrogens is 290 g/mol. The topological polar surface area (TPSA) is 38.8 Å². The van der Waals surface area contributed by atoms with E-state index in [1.807, 2.05) is 54.4 Å². The van der Waals surface area contributed by atoms with Crippen LogP contribution in [0.5, 0.6) is 11.5 Å². The fourth-order valence-corrected chi connectivity index (χ4v) is 2.80. The van der Waals surface area contributed by atoms with E-state index >= 15 is 0 Å². The highest BCUT2D eigenvalue weighted by atomic mass is 16.5. The summed E-state index contributed by atoms with van der Waals surface area (Å²) in [5.41, 5.74) is 3.30. The van der Waals surface area contributed by atoms with Gasteiger partial charge in [-0.25, -0.2) is 0 Å². The lowest BCUT2D eigenvalue weighted by Crippen LogP contribution is -2.29. The normalized spacial score (nSPS) is 15.5. The lowest BCUT2D eigenvalue weighted by atomic mass is 9.94. The van der Waals surface area contributed by atoms with Crippen LogP contribution in [0.25, 0.3) is 6.08 Å². The second-order valence-corrected chi connectivity index (χ2v) is 5.49. The number of rotatable bonds is 3. The predicted octanol–water partition coefficient (Wildman–Crippen LogP) is 3.37. The van der Waals surface area contributed by atoms with E-state index in [1.165, 1.54) is 0 Å². The first kappa shape index (κ1) is 15.2. The summed E-state index contributed by atoms with van der Waals surface area (Å²) >= 11 is 0. The lowest BCUT2D eigenvalue weighted by molar-refractivity contribution is 0.0984. The number of methoxy groups -OCH3 is 2. The number of ether oxygens (including phenoxy) is 2. The average Bonchev–Trinajstić information content (AvgIpc) is 2.58. The molecule has 0 aromatic heterocycles. The smallest absolute Gasteiger partial charge is 0.209 e. The molecule has 1 aliphatic rings. The van der Waals surface area contributed by atoms with Gasteiger partial charge in [-0.2, -0.15) is 0 Å². The minimum absolute atomic E-state index is 0.00134. The molecule has 4 heteroatoms. The van der Waals surface area contributed by atoms with E-state index in [1.54, 1.807) is 20.3 Å². The maximum atomic E-state index is 12.9. The zero-order valence-corrected chi connectivity index (χ0v) is 13.5. The van der Waals surface area contributed by atoms with E-state index in [2.05, 4.69) is 0 Å². The molecule has 1 aliphatic heterocycles. The van der Waals surface area contributed by atoms with Crippen LogP contribution < -0.4 is 9.47 Å². The van der Waals surface area contributed by atoms with Gasteiger partial charge in [0.25, 0.3) is 0 Å². The van der Waals surface area contributed by atoms with E-state index in [0.717, 1.165) is 11.1 Å². The SMILES string of the molecule is COc1cc2c(cc1OC)C(=O)/C(=C/c1ccccc1)N(C)C2. The number of ketones is 1. The first-order valence-corrected chi connectivity index (χ1v) is 7.41. The average molecular weight is 309 g/mol. The highest BCUT2D eigenvalue weighted by Gasteiger charge is 2.27. The zero-order chi connectivity index (χ0) is 16.4. The van der Waals surface area contributed by atoms with Crippen molar-refractivity contribution in [1.29, 1.82) is 0 Å². The van der Waals surface area contributed by atoms with Gasteiger partial charge in [0.15, 0.2) is 11.5 Å². The van der Waals surface area contributed by atoms with Crippen LogP contribution in [-0.2, 0) is 6.54 Å². The fraction of sp³-hybridized carbons (Fsp3) is 0.211. The first-order valence-electron chi connectivity index (χ1n) is 7.41. The molecule has 2 aromatic carbocycles. The molecule has 3 rings (SSSR count). The van der Waals surface area contributed by atoms with Crippen LogP contribution >= 0.6 is 0 Å². The fourth-order valence-electron chi connectivity index (χ4n) is 2.80. The maximum absolute atomic E-state index is 12.9. The highest BCUT2D eigenvalue weighted by molar-refractivity contribution is 6.13. The van der Waals surface area contributed by atoms with Gasteiger partial charge in [-0.3, -0.25) is 4.79 Å². The van der Waals surface area contributed by atoms with Crippen molar-refractivity contribution in [2.24, 2.45) is 0 Å². The summed E-state index contributed by atoms with van der Waals surface area (Å²) in [6, 6.07) is 13.5. The van der Waals surface area contributed by atoms with Gasteiger partial charge in [0.1, 0.15) is 0 Å². The number of allylic oxidation sites excluding steroid dienone is 1. The van der Waals surface area contributed by atoms with E-state index < -0.39 is 0 Å². The molecule has 118 valence electrons. The molecule has 0 unspecified atom stereocenters. The molecule has 0 bridgehead atoms. The van der Waals surface area contributed by atoms with Crippen LogP contribution in [-0.4, -0.2) is 32.0 Å². The number of fused-ring (bicyclic) bond motifs is 1. The van der Waals surface area contributed by atoms with Crippen LogP contribution in [0, 0.1) is 0 Å². The minimum Gasteiger partial charge on any atom is -0.493 e. The Balaban J connectivity index is 2.06. The van der Waals surface area contributed by atoms with Crippen LogP contribution in [0.2, 0.25) is 0 Å². The van der Waals surface area contributed by atoms with E-state index in [9.17, 15) is 4.79 Å². The number of hydrogen-bond acceptors (Lipinski definition) is 4. The molecule has 0 radical (unpaired) electrons. The molecule has 1 heterocycles. The largest absolute Gasteiger partial charge is 0.493 e. The molecule has 0 atom stereocenters. The van der Waals surface area contributed by atoms with Crippen LogP contribution in [0.15, 0.2) is 48.2 Å². The molecule has 0 amide bonds. The third-order valence-corrected chi connectivity index (χ3v) is 4.01. The maximum Gasteiger partial charge on any atom is 0.209 e. The first-order chi connectivity index (χ1) is 11.1. The van der Waals surface area contributed by atoms with Crippen molar-refractivity contribution >= 4 is 11.9 Å². The summed E-state index contributed by atoms with van der Waals surface area (Å²) < 4.78 is 10.6. The summed E-state index contributed by atoms with van der Waals surface area (Å²) in [6.45, 7) is 0.653. The third kappa shape index (κ3) is 2.80. The van der Waals surface area contributed by atoms with Gasteiger partial charge in [0, 0.05) is 19.2 Å². The Morgan fingerprint density at radius 1 is 1.04 bits per heavy atom. The number of benzene rings is 2. The molecule has 0 saturated carbocycles. The van der Waals surface area contributed by atoms with Crippen molar-refractivity contribution in [1.82, 2.24) is 4.90 Å². The minimum atomic E-state index is -0.00134. The van der Waals surface area contributed by atoms with Crippen LogP contribution in [0.4, 0.5) is 0 Å². The van der Waals surface area contributed by atoms with Crippen molar-refractivity contribution in [3.63, 3.8) is 0 Å². The predicted molar refractivity (Wildman–Crippen MR) is 89.8 cm³/mol. The third-order valence-electron chi connectivity index (χ3n) is 4.01. The standard InChI is InChI=1S/C19H19NO3/c1-20-12-14-10-17(22-2)18(23-3)11-15(14)19(21)16(20)9-13-7-5-4-6-8-13/h4-11H,12H2,1-3H3/b16-9-. The van der Waals surface area contributed by atoms with E-state index in [0.29, 0.717) is 29.3 Å². The molecule has 0 saturated heterocycles. The molecule has 0 N–H and O–H groups in total. The summed E-state index contributed by atoms with van der Waals surface area (Å²) in [5.74, 6) is 1.21. The molecule has 23 heavy (non-hydrogen) atoms. The van der Waals surface area contributed by atoms with E-state index in [-0.39, 0.29) is 5.78 Å². The Morgan fingerprint density at radius 2 is 1.70 bits per heavy atom. The van der Waals surface area contributed by atoms with Gasteiger partial charge in [-0.05, 0) is 29.3 Å². The van der Waals surface area contributed by atoms with Crippen molar-refractivity contribution < 1.29 is 14.3 Å². The summed E-state index contributed by atoms with van der Waals surface area (Å²) in [6.07, 6.45) is 1.92. The van der Waals surface area contributed by atoms with Gasteiger partial charge in [-0.15, -0.1) is 0 Å². The molecule has 2 aromatic rings. The number of likely N-dealkylation sites (N-methyl/N-ethyl adjacent to an activating group) is 1. The second-order valence-electron chi connectivity index (χ2n) is 5.49.